The number of nitrogens with zero attached hydrogens (tertiary/aromatic N) is 5. The number of carbonyl (C=O) groups is 1. The number of nitrogens with two attached hydrogens (primary N) is 1. The van der Waals surface area contributed by atoms with Crippen LogP contribution in [0.25, 0.3) is 32.1 Å². The predicted octanol–water partition coefficient (Wildman–Crippen LogP) is 4.85. The number of aromatic nitrogens is 2. The molecule has 1 unspecified atom stereocenters. The number of fused-ring (bicyclic) bond motifs is 2. The second-order valence-corrected chi connectivity index (χ2v) is 12.7. The van der Waals surface area contributed by atoms with Gasteiger partial charge in [-0.25, -0.2) is 8.78 Å². The molecule has 1 saturated heterocycles. The van der Waals surface area contributed by atoms with Crippen LogP contribution in [0.1, 0.15) is 31.2 Å². The van der Waals surface area contributed by atoms with E-state index in [0.717, 1.165) is 30.7 Å². The average Bonchev–Trinajstić information content (AvgIpc) is 3.53. The number of thiophene rings is 1. The van der Waals surface area contributed by atoms with Gasteiger partial charge in [0, 0.05) is 23.5 Å². The van der Waals surface area contributed by atoms with Crippen LogP contribution in [-0.4, -0.2) is 72.8 Å². The molecule has 10 nitrogen and oxygen atoms in total. The maximum absolute atomic E-state index is 17.0. The summed E-state index contributed by atoms with van der Waals surface area (Å²) in [6, 6.07) is 4.67. The number of nitriles is 1. The number of ether oxygens (including phenoxy) is 2. The summed E-state index contributed by atoms with van der Waals surface area (Å²) in [6.07, 6.45) is 2.99. The number of benzene rings is 2. The van der Waals surface area contributed by atoms with Gasteiger partial charge < -0.3 is 25.4 Å². The SMILES string of the molecule is CN1CCC[C@H]1C1CCCNC(=O)CN2CCOc3c(Cl)c(-c4ccc(F)c5sc(N)c(C#N)c45)c(F)c4nc(nc2c34)O1. The predicted molar refractivity (Wildman–Crippen MR) is 164 cm³/mol. The Morgan fingerprint density at radius 2 is 2.05 bits per heavy atom. The number of likely N-dealkylation sites (tertiary alicyclic amines) is 1. The highest BCUT2D eigenvalue weighted by atomic mass is 35.5. The van der Waals surface area contributed by atoms with E-state index < -0.39 is 11.6 Å². The topological polar surface area (TPSA) is 130 Å². The Balaban J connectivity index is 1.50. The second kappa shape index (κ2) is 11.2. The van der Waals surface area contributed by atoms with Gasteiger partial charge in [-0.1, -0.05) is 17.7 Å². The first-order valence-corrected chi connectivity index (χ1v) is 15.6. The number of hydrogen-bond acceptors (Lipinski definition) is 10. The number of hydrogen-bond donors (Lipinski definition) is 2. The molecule has 44 heavy (non-hydrogen) atoms. The van der Waals surface area contributed by atoms with E-state index in [1.165, 1.54) is 12.1 Å². The van der Waals surface area contributed by atoms with Crippen molar-refractivity contribution in [1.29, 1.82) is 5.26 Å². The minimum absolute atomic E-state index is 0.0226. The zero-order valence-corrected chi connectivity index (χ0v) is 25.3. The van der Waals surface area contributed by atoms with Crippen LogP contribution in [0.5, 0.6) is 11.8 Å². The third kappa shape index (κ3) is 4.63. The molecule has 7 rings (SSSR count). The van der Waals surface area contributed by atoms with E-state index in [4.69, 9.17) is 31.8 Å². The second-order valence-electron chi connectivity index (χ2n) is 11.2. The van der Waals surface area contributed by atoms with Crippen LogP contribution in [0.3, 0.4) is 0 Å². The molecule has 0 radical (unpaired) electrons. The van der Waals surface area contributed by atoms with Crippen molar-refractivity contribution in [1.82, 2.24) is 20.2 Å². The highest BCUT2D eigenvalue weighted by molar-refractivity contribution is 7.23. The Morgan fingerprint density at radius 3 is 2.82 bits per heavy atom. The van der Waals surface area contributed by atoms with Gasteiger partial charge in [0.05, 0.1) is 33.8 Å². The Hall–Kier alpha value is -3.99. The smallest absolute Gasteiger partial charge is 0.319 e. The normalized spacial score (nSPS) is 20.9. The lowest BCUT2D eigenvalue weighted by molar-refractivity contribution is -0.119. The lowest BCUT2D eigenvalue weighted by atomic mass is 9.96. The molecule has 1 amide bonds. The number of nitrogens with one attached hydrogen (secondary N) is 1. The lowest BCUT2D eigenvalue weighted by Gasteiger charge is -2.30. The summed E-state index contributed by atoms with van der Waals surface area (Å²) in [7, 11) is 2.05. The monoisotopic (exact) mass is 639 g/mol. The molecule has 3 aliphatic rings. The van der Waals surface area contributed by atoms with Crippen LogP contribution in [0.15, 0.2) is 12.1 Å². The van der Waals surface area contributed by atoms with E-state index in [-0.39, 0.29) is 103 Å². The van der Waals surface area contributed by atoms with Crippen LogP contribution in [0.4, 0.5) is 19.6 Å². The van der Waals surface area contributed by atoms with Crippen LogP contribution in [0.2, 0.25) is 5.02 Å². The maximum Gasteiger partial charge on any atom is 0.319 e. The summed E-state index contributed by atoms with van der Waals surface area (Å²) in [4.78, 5) is 26.2. The van der Waals surface area contributed by atoms with Crippen LogP contribution in [0, 0.1) is 23.0 Å². The number of likely N-dealkylation sites (N-methyl/N-ethyl adjacent to an activating group) is 1. The first-order valence-electron chi connectivity index (χ1n) is 14.4. The molecule has 5 heterocycles. The van der Waals surface area contributed by atoms with E-state index >= 15 is 4.39 Å². The van der Waals surface area contributed by atoms with Crippen molar-refractivity contribution in [2.75, 3.05) is 50.5 Å². The number of nitrogen functional groups attached to an aromatic ring is 1. The molecule has 4 aromatic rings. The van der Waals surface area contributed by atoms with E-state index in [1.54, 1.807) is 4.90 Å². The van der Waals surface area contributed by atoms with Gasteiger partial charge in [0.1, 0.15) is 40.9 Å². The van der Waals surface area contributed by atoms with Crippen LogP contribution >= 0.6 is 22.9 Å². The van der Waals surface area contributed by atoms with Gasteiger partial charge in [0.15, 0.2) is 11.6 Å². The van der Waals surface area contributed by atoms with Gasteiger partial charge in [0.25, 0.3) is 0 Å². The van der Waals surface area contributed by atoms with Gasteiger partial charge >= 0.3 is 6.01 Å². The van der Waals surface area contributed by atoms with Gasteiger partial charge in [-0.15, -0.1) is 11.3 Å². The number of anilines is 2. The Morgan fingerprint density at radius 1 is 1.20 bits per heavy atom. The Bertz CT molecular complexity index is 1880. The molecule has 0 spiro atoms. The first-order chi connectivity index (χ1) is 21.3. The summed E-state index contributed by atoms with van der Waals surface area (Å²) in [5.41, 5.74) is 6.04. The number of rotatable bonds is 2. The van der Waals surface area contributed by atoms with Crippen molar-refractivity contribution in [3.8, 4) is 29.0 Å². The largest absolute Gasteiger partial charge is 0.489 e. The molecule has 0 aliphatic carbocycles. The third-order valence-corrected chi connectivity index (χ3v) is 10.0. The van der Waals surface area contributed by atoms with E-state index in [0.29, 0.717) is 19.4 Å². The van der Waals surface area contributed by atoms with Gasteiger partial charge in [0.2, 0.25) is 5.91 Å². The maximum atomic E-state index is 17.0. The van der Waals surface area contributed by atoms with Crippen molar-refractivity contribution in [2.45, 2.75) is 37.8 Å². The standard InChI is InChI=1S/C30H28ClF2N7O3S/c1-39-9-3-4-17(39)18-5-2-8-36-19(41)13-40-10-11-42-26-22-25(37-30(43-18)38-29(22)40)24(33)21(23(26)31)14-6-7-16(32)27-20(14)15(12-34)28(35)44-27/h6-7,17-18H,2-5,8-11,13,35H2,1H3,(H,36,41)/t17-,18?/m0/s1. The van der Waals surface area contributed by atoms with Crippen molar-refractivity contribution in [2.24, 2.45) is 0 Å². The zero-order valence-electron chi connectivity index (χ0n) is 23.8. The molecule has 3 N–H and O–H groups in total. The molecule has 1 fully saturated rings. The van der Waals surface area contributed by atoms with E-state index in [9.17, 15) is 14.4 Å². The lowest BCUT2D eigenvalue weighted by Crippen LogP contribution is -2.43. The fraction of sp³-hybridized carbons (Fsp3) is 0.400. The Kier molecular flexibility index (Phi) is 7.31. The molecule has 2 aromatic heterocycles. The van der Waals surface area contributed by atoms with E-state index in [2.05, 4.69) is 15.2 Å². The third-order valence-electron chi connectivity index (χ3n) is 8.63. The average molecular weight is 640 g/mol. The Labute approximate surface area is 260 Å². The highest BCUT2D eigenvalue weighted by Gasteiger charge is 2.35. The molecule has 3 aliphatic heterocycles. The summed E-state index contributed by atoms with van der Waals surface area (Å²) in [6.45, 7) is 1.76. The van der Waals surface area contributed by atoms with Gasteiger partial charge in [-0.05, 0) is 50.9 Å². The summed E-state index contributed by atoms with van der Waals surface area (Å²) >= 11 is 7.84. The quantitative estimate of drug-likeness (QED) is 0.316. The van der Waals surface area contributed by atoms with Crippen LogP contribution in [-0.2, 0) is 4.79 Å². The summed E-state index contributed by atoms with van der Waals surface area (Å²) in [5, 5.41) is 13.2. The molecule has 2 atom stereocenters. The fourth-order valence-corrected chi connectivity index (χ4v) is 7.83. The van der Waals surface area contributed by atoms with Gasteiger partial charge in [-0.2, -0.15) is 15.2 Å². The highest BCUT2D eigenvalue weighted by Crippen LogP contribution is 2.50. The van der Waals surface area contributed by atoms with Gasteiger partial charge in [-0.3, -0.25) is 9.69 Å². The van der Waals surface area contributed by atoms with Crippen molar-refractivity contribution in [3.63, 3.8) is 0 Å². The van der Waals surface area contributed by atoms with Crippen molar-refractivity contribution < 1.29 is 23.0 Å². The molecule has 0 saturated carbocycles. The summed E-state index contributed by atoms with van der Waals surface area (Å²) < 4.78 is 44.6. The minimum Gasteiger partial charge on any atom is -0.489 e. The van der Waals surface area contributed by atoms with Crippen LogP contribution < -0.4 is 25.4 Å². The number of amides is 1. The van der Waals surface area contributed by atoms with E-state index in [1.807, 2.05) is 13.1 Å². The minimum atomic E-state index is -0.819. The molecular formula is C30H28ClF2N7O3S. The first kappa shape index (κ1) is 28.8. The molecule has 2 aromatic carbocycles. The number of halogens is 3. The summed E-state index contributed by atoms with van der Waals surface area (Å²) in [5.74, 6) is -1.22. The number of carbonyl (C=O) groups excluding carboxylic acids is 1. The fourth-order valence-electron chi connectivity index (χ4n) is 6.55. The zero-order chi connectivity index (χ0) is 30.7. The molecule has 228 valence electrons. The van der Waals surface area contributed by atoms with Crippen molar-refractivity contribution >= 4 is 60.7 Å². The van der Waals surface area contributed by atoms with Crippen molar-refractivity contribution in [3.05, 3.63) is 34.4 Å². The molecule has 2 bridgehead atoms. The molecular weight excluding hydrogens is 612 g/mol. The molecule has 14 heteroatoms.